The normalized spacial score (nSPS) is 29.2. The number of hydrogen-bond acceptors (Lipinski definition) is 5. The number of Topliss-reactive ketones (excluding diaryl/α,β-unsaturated/α-hetero) is 1. The Labute approximate surface area is 176 Å². The van der Waals surface area contributed by atoms with E-state index < -0.39 is 0 Å². The van der Waals surface area contributed by atoms with Gasteiger partial charge in [-0.3, -0.25) is 9.69 Å². The molecule has 2 aromatic carbocycles. The van der Waals surface area contributed by atoms with Gasteiger partial charge in [0.2, 0.25) is 6.79 Å². The van der Waals surface area contributed by atoms with Gasteiger partial charge in [0.25, 0.3) is 0 Å². The van der Waals surface area contributed by atoms with Crippen molar-refractivity contribution in [3.63, 3.8) is 0 Å². The highest BCUT2D eigenvalue weighted by molar-refractivity contribution is 5.98. The van der Waals surface area contributed by atoms with Crippen molar-refractivity contribution in [2.45, 2.75) is 50.0 Å². The number of carbonyl (C=O) groups excluding carboxylic acids is 1. The van der Waals surface area contributed by atoms with Crippen LogP contribution in [-0.2, 0) is 11.8 Å². The summed E-state index contributed by atoms with van der Waals surface area (Å²) in [6, 6.07) is 11.8. The van der Waals surface area contributed by atoms with E-state index in [1.165, 1.54) is 36.8 Å². The summed E-state index contributed by atoms with van der Waals surface area (Å²) >= 11 is 0. The molecule has 0 aromatic heterocycles. The number of ketones is 1. The molecule has 6 rings (SSSR count). The molecule has 3 atom stereocenters. The molecule has 5 nitrogen and oxygen atoms in total. The van der Waals surface area contributed by atoms with E-state index in [4.69, 9.17) is 9.47 Å². The maximum Gasteiger partial charge on any atom is 0.231 e. The maximum atomic E-state index is 13.2. The van der Waals surface area contributed by atoms with Crippen LogP contribution in [0.4, 0.5) is 0 Å². The summed E-state index contributed by atoms with van der Waals surface area (Å²) in [4.78, 5) is 15.6. The van der Waals surface area contributed by atoms with Crippen molar-refractivity contribution in [1.29, 1.82) is 0 Å². The Morgan fingerprint density at radius 1 is 1.10 bits per heavy atom. The highest BCUT2D eigenvalue weighted by Gasteiger charge is 2.53. The molecule has 1 saturated carbocycles. The van der Waals surface area contributed by atoms with E-state index >= 15 is 0 Å². The van der Waals surface area contributed by atoms with Gasteiger partial charge in [0, 0.05) is 17.0 Å². The molecule has 0 spiro atoms. The van der Waals surface area contributed by atoms with Gasteiger partial charge in [-0.1, -0.05) is 18.9 Å². The average Bonchev–Trinajstić information content (AvgIpc) is 3.24. The van der Waals surface area contributed by atoms with Crippen LogP contribution >= 0.6 is 0 Å². The van der Waals surface area contributed by atoms with Crippen LogP contribution in [0.15, 0.2) is 36.4 Å². The number of ether oxygens (including phenoxy) is 2. The molecular formula is C25H27NO4. The summed E-state index contributed by atoms with van der Waals surface area (Å²) in [7, 11) is 0. The lowest BCUT2D eigenvalue weighted by Crippen LogP contribution is -2.61. The third-order valence-corrected chi connectivity index (χ3v) is 7.98. The molecule has 0 radical (unpaired) electrons. The lowest BCUT2D eigenvalue weighted by molar-refractivity contribution is -0.00848. The van der Waals surface area contributed by atoms with Crippen molar-refractivity contribution in [2.75, 3.05) is 19.9 Å². The van der Waals surface area contributed by atoms with E-state index in [1.54, 1.807) is 0 Å². The summed E-state index contributed by atoms with van der Waals surface area (Å²) in [5.41, 5.74) is 3.61. The predicted molar refractivity (Wildman–Crippen MR) is 112 cm³/mol. The smallest absolute Gasteiger partial charge is 0.231 e. The zero-order valence-corrected chi connectivity index (χ0v) is 17.1. The molecule has 2 aliphatic heterocycles. The average molecular weight is 405 g/mol. The molecule has 2 heterocycles. The zero-order chi connectivity index (χ0) is 20.3. The van der Waals surface area contributed by atoms with Crippen molar-refractivity contribution in [1.82, 2.24) is 4.90 Å². The molecule has 2 aliphatic carbocycles. The van der Waals surface area contributed by atoms with Crippen molar-refractivity contribution in [2.24, 2.45) is 5.92 Å². The van der Waals surface area contributed by atoms with Crippen LogP contribution in [0.3, 0.4) is 0 Å². The number of phenolic OH excluding ortho intramolecular Hbond substituents is 1. The van der Waals surface area contributed by atoms with Crippen LogP contribution in [-0.4, -0.2) is 41.7 Å². The van der Waals surface area contributed by atoms with Crippen molar-refractivity contribution >= 4 is 5.78 Å². The molecule has 1 saturated heterocycles. The topological polar surface area (TPSA) is 59.0 Å². The van der Waals surface area contributed by atoms with E-state index in [-0.39, 0.29) is 18.0 Å². The van der Waals surface area contributed by atoms with Crippen LogP contribution in [0.25, 0.3) is 0 Å². The number of nitrogens with zero attached hydrogens (tertiary/aromatic N) is 1. The first-order chi connectivity index (χ1) is 14.6. The minimum absolute atomic E-state index is 0.146. The fourth-order valence-electron chi connectivity index (χ4n) is 6.61. The fraction of sp³-hybridized carbons (Fsp3) is 0.480. The Kier molecular flexibility index (Phi) is 4.10. The second-order valence-corrected chi connectivity index (χ2v) is 9.33. The molecule has 1 N–H and O–H groups in total. The zero-order valence-electron chi connectivity index (χ0n) is 17.1. The minimum Gasteiger partial charge on any atom is -0.508 e. The van der Waals surface area contributed by atoms with Crippen LogP contribution in [0, 0.1) is 5.92 Å². The number of piperidine rings is 1. The fourth-order valence-corrected chi connectivity index (χ4v) is 6.61. The van der Waals surface area contributed by atoms with Gasteiger partial charge in [-0.2, -0.15) is 0 Å². The summed E-state index contributed by atoms with van der Waals surface area (Å²) < 4.78 is 10.8. The van der Waals surface area contributed by atoms with Gasteiger partial charge in [0.1, 0.15) is 5.75 Å². The standard InChI is InChI=1S/C25H27NO4/c27-18-6-4-16-11-21-19-3-1-2-8-25(19,20(16)13-18)9-10-26(21)14-22(28)17-5-7-23-24(12-17)30-15-29-23/h4-7,12-13,19,21,27H,1-3,8-11,14-15H2/t19-,21+,25-/m0/s1. The van der Waals surface area contributed by atoms with Crippen LogP contribution in [0.2, 0.25) is 0 Å². The molecular weight excluding hydrogens is 378 g/mol. The summed E-state index contributed by atoms with van der Waals surface area (Å²) in [6.45, 7) is 1.61. The van der Waals surface area contributed by atoms with Gasteiger partial charge < -0.3 is 14.6 Å². The molecule has 2 fully saturated rings. The Hall–Kier alpha value is -2.53. The van der Waals surface area contributed by atoms with E-state index in [0.717, 1.165) is 19.4 Å². The summed E-state index contributed by atoms with van der Waals surface area (Å²) in [5, 5.41) is 10.2. The molecule has 2 aromatic rings. The third kappa shape index (κ3) is 2.68. The van der Waals surface area contributed by atoms with Gasteiger partial charge in [-0.05, 0) is 79.6 Å². The Balaban J connectivity index is 1.30. The maximum absolute atomic E-state index is 13.2. The molecule has 30 heavy (non-hydrogen) atoms. The number of hydrogen-bond donors (Lipinski definition) is 1. The van der Waals surface area contributed by atoms with E-state index in [0.29, 0.717) is 41.3 Å². The van der Waals surface area contributed by atoms with Crippen LogP contribution in [0.5, 0.6) is 17.2 Å². The monoisotopic (exact) mass is 405 g/mol. The van der Waals surface area contributed by atoms with Crippen LogP contribution < -0.4 is 9.47 Å². The van der Waals surface area contributed by atoms with Gasteiger partial charge in [-0.15, -0.1) is 0 Å². The van der Waals surface area contributed by atoms with Crippen molar-refractivity contribution < 1.29 is 19.4 Å². The highest BCUT2D eigenvalue weighted by Crippen LogP contribution is 2.56. The second-order valence-electron chi connectivity index (χ2n) is 9.33. The SMILES string of the molecule is O=C(CN1CC[C@@]23CCCC[C@H]2[C@H]1Cc1ccc(O)cc13)c1ccc2c(c1)OCO2. The van der Waals surface area contributed by atoms with Gasteiger partial charge in [0.15, 0.2) is 17.3 Å². The molecule has 0 amide bonds. The highest BCUT2D eigenvalue weighted by atomic mass is 16.7. The number of aromatic hydroxyl groups is 1. The number of likely N-dealkylation sites (tertiary alicyclic amines) is 1. The predicted octanol–water partition coefficient (Wildman–Crippen LogP) is 4.06. The van der Waals surface area contributed by atoms with Crippen LogP contribution in [0.1, 0.15) is 53.6 Å². The molecule has 5 heteroatoms. The number of benzene rings is 2. The van der Waals surface area contributed by atoms with Gasteiger partial charge in [0.05, 0.1) is 6.54 Å². The second kappa shape index (κ2) is 6.74. The molecule has 2 bridgehead atoms. The van der Waals surface area contributed by atoms with E-state index in [2.05, 4.69) is 11.0 Å². The number of rotatable bonds is 3. The lowest BCUT2D eigenvalue weighted by Gasteiger charge is -2.59. The van der Waals surface area contributed by atoms with Gasteiger partial charge in [-0.25, -0.2) is 0 Å². The van der Waals surface area contributed by atoms with Crippen molar-refractivity contribution in [3.8, 4) is 17.2 Å². The summed E-state index contributed by atoms with van der Waals surface area (Å²) in [5.74, 6) is 2.47. The quantitative estimate of drug-likeness (QED) is 0.781. The van der Waals surface area contributed by atoms with E-state index in [9.17, 15) is 9.90 Å². The molecule has 4 aliphatic rings. The third-order valence-electron chi connectivity index (χ3n) is 7.98. The lowest BCUT2D eigenvalue weighted by atomic mass is 9.52. The van der Waals surface area contributed by atoms with Gasteiger partial charge >= 0.3 is 0 Å². The first-order valence-corrected chi connectivity index (χ1v) is 11.1. The first kappa shape index (κ1) is 18.3. The summed E-state index contributed by atoms with van der Waals surface area (Å²) in [6.07, 6.45) is 6.98. The first-order valence-electron chi connectivity index (χ1n) is 11.1. The number of fused-ring (bicyclic) bond motifs is 2. The van der Waals surface area contributed by atoms with Crippen molar-refractivity contribution in [3.05, 3.63) is 53.1 Å². The largest absolute Gasteiger partial charge is 0.508 e. The molecule has 0 unspecified atom stereocenters. The minimum atomic E-state index is 0.146. The number of phenols is 1. The Morgan fingerprint density at radius 2 is 2.00 bits per heavy atom. The number of carbonyl (C=O) groups is 1. The Morgan fingerprint density at radius 3 is 2.93 bits per heavy atom. The van der Waals surface area contributed by atoms with E-state index in [1.807, 2.05) is 30.3 Å². The Bertz CT molecular complexity index is 1020. The molecule has 156 valence electrons.